The minimum absolute atomic E-state index is 0.0270. The Morgan fingerprint density at radius 2 is 1.45 bits per heavy atom. The molecule has 0 spiro atoms. The van der Waals surface area contributed by atoms with Crippen LogP contribution in [0.4, 0.5) is 0 Å². The first-order valence-corrected chi connectivity index (χ1v) is 30.3. The smallest absolute Gasteiger partial charge is 0.347 e. The van der Waals surface area contributed by atoms with Gasteiger partial charge in [-0.1, -0.05) is 96.5 Å². The summed E-state index contributed by atoms with van der Waals surface area (Å²) in [5, 5.41) is 25.4. The Labute approximate surface area is 501 Å². The van der Waals surface area contributed by atoms with Crippen molar-refractivity contribution < 1.29 is 85.0 Å². The lowest BCUT2D eigenvalue weighted by Gasteiger charge is -2.26. The molecule has 0 aromatic heterocycles. The predicted molar refractivity (Wildman–Crippen MR) is 312 cm³/mol. The van der Waals surface area contributed by atoms with Gasteiger partial charge in [-0.3, -0.25) is 47.7 Å². The first-order chi connectivity index (χ1) is 40.0. The zero-order valence-corrected chi connectivity index (χ0v) is 51.3. The zero-order chi connectivity index (χ0) is 63.6. The van der Waals surface area contributed by atoms with Gasteiger partial charge in [0.1, 0.15) is 36.1 Å². The van der Waals surface area contributed by atoms with E-state index in [0.29, 0.717) is 34.9 Å². The number of hydrogen-bond donors (Lipinski definition) is 8. The van der Waals surface area contributed by atoms with Gasteiger partial charge in [0.05, 0.1) is 30.4 Å². The van der Waals surface area contributed by atoms with E-state index < -0.39 is 137 Å². The fourth-order valence-electron chi connectivity index (χ4n) is 8.57. The van der Waals surface area contributed by atoms with Crippen molar-refractivity contribution in [2.45, 2.75) is 162 Å². The van der Waals surface area contributed by atoms with Crippen LogP contribution in [0.15, 0.2) is 54.6 Å². The maximum absolute atomic E-state index is 13.8. The van der Waals surface area contributed by atoms with E-state index in [4.69, 9.17) is 35.1 Å². The molecular formula is C58H84ClN7O18S. The minimum atomic E-state index is -4.32. The van der Waals surface area contributed by atoms with Crippen LogP contribution < -0.4 is 36.6 Å². The number of nitrogens with one attached hydrogen (secondary N) is 6. The molecule has 1 heterocycles. The molecule has 3 rings (SSSR count). The van der Waals surface area contributed by atoms with Crippen molar-refractivity contribution in [3.8, 4) is 5.75 Å². The summed E-state index contributed by atoms with van der Waals surface area (Å²) in [5.41, 5.74) is 2.17. The molecule has 0 aliphatic carbocycles. The number of rotatable bonds is 38. The monoisotopic (exact) mass is 1230 g/mol. The molecule has 0 unspecified atom stereocenters. The average molecular weight is 1230 g/mol. The quantitative estimate of drug-likeness (QED) is 0.0206. The van der Waals surface area contributed by atoms with Gasteiger partial charge in [-0.2, -0.15) is 8.42 Å². The van der Waals surface area contributed by atoms with Gasteiger partial charge in [0.25, 0.3) is 10.1 Å². The van der Waals surface area contributed by atoms with Crippen molar-refractivity contribution >= 4 is 81.0 Å². The van der Waals surface area contributed by atoms with E-state index in [1.807, 2.05) is 39.8 Å². The second kappa shape index (κ2) is 36.0. The normalized spacial score (nSPS) is 15.9. The number of esters is 2. The molecule has 0 radical (unpaired) electrons. The number of amides is 7. The third kappa shape index (κ3) is 26.8. The Morgan fingerprint density at radius 1 is 0.776 bits per heavy atom. The molecule has 0 saturated carbocycles. The van der Waals surface area contributed by atoms with E-state index in [1.54, 1.807) is 51.1 Å². The SMILES string of the molecule is CCCNC(=O)[C@H](Cc1ccc(OC)c(Cl)c1)NC(=O)/C=C/C[C@H](OC(=O)[C@H](CC(C)C)OC(=O)CC)[C@H](C)[C@H]1O[C@@H]1c1ccc(CNC(=O)[C@H](C)NC(=O)[C@@H](NC(=O)CCN(CCC(=O)O)C(=O)CCC(=O)NCCS(=O)(=O)O)C(C)C)cc1. The van der Waals surface area contributed by atoms with E-state index in [0.717, 1.165) is 10.5 Å². The summed E-state index contributed by atoms with van der Waals surface area (Å²) in [6, 6.07) is 9.17. The van der Waals surface area contributed by atoms with Crippen LogP contribution >= 0.6 is 11.6 Å². The number of hydrogen-bond acceptors (Lipinski definition) is 16. The summed E-state index contributed by atoms with van der Waals surface area (Å²) >= 11 is 6.35. The van der Waals surface area contributed by atoms with Gasteiger partial charge in [0, 0.05) is 77.2 Å². The van der Waals surface area contributed by atoms with Crippen molar-refractivity contribution in [2.75, 3.05) is 39.0 Å². The highest BCUT2D eigenvalue weighted by Gasteiger charge is 2.48. The highest BCUT2D eigenvalue weighted by atomic mass is 35.5. The van der Waals surface area contributed by atoms with Gasteiger partial charge in [-0.15, -0.1) is 0 Å². The lowest BCUT2D eigenvalue weighted by Crippen LogP contribution is -2.54. The van der Waals surface area contributed by atoms with Crippen molar-refractivity contribution in [3.63, 3.8) is 0 Å². The summed E-state index contributed by atoms with van der Waals surface area (Å²) in [6.07, 6.45) is -0.550. The fourth-order valence-corrected chi connectivity index (χ4v) is 9.22. The van der Waals surface area contributed by atoms with Gasteiger partial charge < -0.3 is 60.9 Å². The van der Waals surface area contributed by atoms with Crippen LogP contribution in [0, 0.1) is 17.8 Å². The molecule has 25 nitrogen and oxygen atoms in total. The Balaban J connectivity index is 1.64. The van der Waals surface area contributed by atoms with Crippen LogP contribution in [0.2, 0.25) is 5.02 Å². The van der Waals surface area contributed by atoms with E-state index >= 15 is 0 Å². The Kier molecular flexibility index (Phi) is 30.5. The number of carbonyl (C=O) groups excluding carboxylic acids is 9. The van der Waals surface area contributed by atoms with Gasteiger partial charge in [0.2, 0.25) is 41.4 Å². The van der Waals surface area contributed by atoms with E-state index in [-0.39, 0.29) is 76.4 Å². The number of carbonyl (C=O) groups is 10. The molecule has 0 bridgehead atoms. The Morgan fingerprint density at radius 3 is 2.05 bits per heavy atom. The van der Waals surface area contributed by atoms with Gasteiger partial charge in [-0.05, 0) is 66.5 Å². The minimum Gasteiger partial charge on any atom is -0.495 e. The second-order valence-electron chi connectivity index (χ2n) is 21.4. The Bertz CT molecular complexity index is 2760. The number of carboxylic acids is 1. The number of benzene rings is 2. The average Bonchev–Trinajstić information content (AvgIpc) is 3.33. The lowest BCUT2D eigenvalue weighted by atomic mass is 9.93. The molecular weight excluding hydrogens is 1150 g/mol. The molecule has 8 atom stereocenters. The summed E-state index contributed by atoms with van der Waals surface area (Å²) in [6.45, 7) is 13.5. The zero-order valence-electron chi connectivity index (χ0n) is 49.7. The van der Waals surface area contributed by atoms with E-state index in [9.17, 15) is 61.5 Å². The molecule has 85 heavy (non-hydrogen) atoms. The highest BCUT2D eigenvalue weighted by molar-refractivity contribution is 7.85. The highest BCUT2D eigenvalue weighted by Crippen LogP contribution is 2.45. The third-order valence-corrected chi connectivity index (χ3v) is 14.5. The molecule has 1 aliphatic heterocycles. The van der Waals surface area contributed by atoms with Crippen LogP contribution in [0.3, 0.4) is 0 Å². The number of aliphatic carboxylic acids is 1. The lowest BCUT2D eigenvalue weighted by molar-refractivity contribution is -0.174. The predicted octanol–water partition coefficient (Wildman–Crippen LogP) is 3.64. The molecule has 2 aromatic carbocycles. The summed E-state index contributed by atoms with van der Waals surface area (Å²) in [7, 11) is -2.84. The largest absolute Gasteiger partial charge is 0.495 e. The maximum Gasteiger partial charge on any atom is 0.347 e. The van der Waals surface area contributed by atoms with Crippen LogP contribution in [0.25, 0.3) is 0 Å². The number of ether oxygens (including phenoxy) is 4. The van der Waals surface area contributed by atoms with E-state index in [2.05, 4.69) is 31.9 Å². The van der Waals surface area contributed by atoms with Crippen LogP contribution in [0.5, 0.6) is 5.75 Å². The fraction of sp³-hybridized carbons (Fsp3) is 0.586. The van der Waals surface area contributed by atoms with Gasteiger partial charge in [-0.25, -0.2) is 4.79 Å². The molecule has 1 saturated heterocycles. The van der Waals surface area contributed by atoms with Gasteiger partial charge in [0.15, 0.2) is 6.10 Å². The molecule has 1 fully saturated rings. The third-order valence-electron chi connectivity index (χ3n) is 13.5. The summed E-state index contributed by atoms with van der Waals surface area (Å²) in [5.74, 6) is -7.90. The number of epoxide rings is 1. The first kappa shape index (κ1) is 72.1. The van der Waals surface area contributed by atoms with Crippen molar-refractivity contribution in [2.24, 2.45) is 17.8 Å². The molecule has 7 amide bonds. The second-order valence-corrected chi connectivity index (χ2v) is 23.3. The summed E-state index contributed by atoms with van der Waals surface area (Å²) < 4.78 is 53.6. The standard InChI is InChI=1S/C58H84ClN7O18S/c1-10-25-61-56(75)42(32-39-17-20-44(81-9)41(59)31-39)64-47(68)14-12-13-43(83-58(77)45(30-34(3)4)82-51(73)11-2)36(7)53-54(84-53)40-18-15-38(16-19-40)33-62-55(74)37(8)63-57(76)52(35(5)6)65-48(69)23-27-66(28-24-50(71)72)49(70)22-21-46(67)60-26-29-85(78,79)80/h12,14-20,31,34-37,42-43,45,52-54H,10-11,13,21-30,32-33H2,1-9H3,(H,60,67)(H,61,75)(H,62,74)(H,63,76)(H,64,68)(H,65,69)(H,71,72)(H,78,79,80)/b14-12+/t36-,37-,42-,43-,45-,52-,53+,54+/m0/s1. The Hall–Kier alpha value is -7.16. The number of nitrogens with zero attached hydrogens (tertiary/aromatic N) is 1. The number of methoxy groups -OCH3 is 1. The molecule has 1 aliphatic rings. The van der Waals surface area contributed by atoms with Crippen molar-refractivity contribution in [3.05, 3.63) is 76.3 Å². The number of halogens is 1. The molecule has 8 N–H and O–H groups in total. The van der Waals surface area contributed by atoms with E-state index in [1.165, 1.54) is 26.2 Å². The van der Waals surface area contributed by atoms with Crippen molar-refractivity contribution in [1.82, 2.24) is 36.8 Å². The number of carboxylic acid groups (broad SMARTS) is 1. The van der Waals surface area contributed by atoms with Gasteiger partial charge >= 0.3 is 17.9 Å². The summed E-state index contributed by atoms with van der Waals surface area (Å²) in [4.78, 5) is 130. The topological polar surface area (TPSA) is 361 Å². The maximum atomic E-state index is 13.8. The first-order valence-electron chi connectivity index (χ1n) is 28.4. The molecule has 27 heteroatoms. The van der Waals surface area contributed by atoms with Crippen LogP contribution in [0.1, 0.15) is 130 Å². The molecule has 472 valence electrons. The van der Waals surface area contributed by atoms with Crippen LogP contribution in [-0.4, -0.2) is 158 Å². The van der Waals surface area contributed by atoms with Crippen LogP contribution in [-0.2, 0) is 85.2 Å². The molecule has 2 aromatic rings. The van der Waals surface area contributed by atoms with Crippen molar-refractivity contribution in [1.29, 1.82) is 0 Å².